The molecule has 19 heavy (non-hydrogen) atoms. The number of carboxylic acid groups (broad SMARTS) is 1. The lowest BCUT2D eigenvalue weighted by Gasteiger charge is -2.29. The summed E-state index contributed by atoms with van der Waals surface area (Å²) in [5, 5.41) is 18.9. The SMILES string of the molecule is CS(=O)(=O)C1(C#N)CCCNC1.O=C(O)C(F)(F)F. The molecule has 0 aromatic heterocycles. The van der Waals surface area contributed by atoms with E-state index in [0.29, 0.717) is 6.42 Å². The largest absolute Gasteiger partial charge is 0.490 e. The van der Waals surface area contributed by atoms with Crippen molar-refractivity contribution >= 4 is 15.8 Å². The smallest absolute Gasteiger partial charge is 0.475 e. The van der Waals surface area contributed by atoms with Crippen LogP contribution in [0.3, 0.4) is 0 Å². The maximum absolute atomic E-state index is 11.3. The minimum Gasteiger partial charge on any atom is -0.475 e. The third-order valence-corrected chi connectivity index (χ3v) is 4.36. The summed E-state index contributed by atoms with van der Waals surface area (Å²) in [5.74, 6) is -2.76. The highest BCUT2D eigenvalue weighted by Crippen LogP contribution is 2.23. The molecule has 0 spiro atoms. The van der Waals surface area contributed by atoms with Crippen molar-refractivity contribution in [3.63, 3.8) is 0 Å². The van der Waals surface area contributed by atoms with Crippen LogP contribution in [0.1, 0.15) is 12.8 Å². The van der Waals surface area contributed by atoms with Gasteiger partial charge in [-0.15, -0.1) is 0 Å². The Balaban J connectivity index is 0.000000399. The number of hydrogen-bond donors (Lipinski definition) is 2. The lowest BCUT2D eigenvalue weighted by Crippen LogP contribution is -2.49. The number of carboxylic acids is 1. The van der Waals surface area contributed by atoms with Gasteiger partial charge < -0.3 is 10.4 Å². The van der Waals surface area contributed by atoms with Crippen LogP contribution < -0.4 is 5.32 Å². The Labute approximate surface area is 108 Å². The van der Waals surface area contributed by atoms with Crippen molar-refractivity contribution < 1.29 is 31.5 Å². The van der Waals surface area contributed by atoms with Gasteiger partial charge in [0.1, 0.15) is 0 Å². The Hall–Kier alpha value is -1.34. The van der Waals surface area contributed by atoms with Gasteiger partial charge in [0.25, 0.3) is 0 Å². The molecular weight excluding hydrogens is 289 g/mol. The fourth-order valence-corrected chi connectivity index (χ4v) is 2.42. The van der Waals surface area contributed by atoms with E-state index in [2.05, 4.69) is 5.32 Å². The molecular formula is C9H13F3N2O4S. The predicted molar refractivity (Wildman–Crippen MR) is 59.0 cm³/mol. The van der Waals surface area contributed by atoms with Gasteiger partial charge in [-0.2, -0.15) is 18.4 Å². The van der Waals surface area contributed by atoms with Gasteiger partial charge in [0.05, 0.1) is 6.07 Å². The van der Waals surface area contributed by atoms with Crippen molar-refractivity contribution in [1.29, 1.82) is 5.26 Å². The van der Waals surface area contributed by atoms with Gasteiger partial charge in [-0.05, 0) is 19.4 Å². The molecule has 1 aliphatic heterocycles. The highest BCUT2D eigenvalue weighted by Gasteiger charge is 2.42. The first kappa shape index (κ1) is 17.7. The van der Waals surface area contributed by atoms with E-state index in [0.717, 1.165) is 19.2 Å². The maximum atomic E-state index is 11.3. The molecule has 0 radical (unpaired) electrons. The summed E-state index contributed by atoms with van der Waals surface area (Å²) < 4.78 is 53.1. The first-order chi connectivity index (χ1) is 8.46. The molecule has 1 rings (SSSR count). The number of carbonyl (C=O) groups is 1. The molecule has 0 amide bonds. The van der Waals surface area contributed by atoms with E-state index < -0.39 is 26.7 Å². The normalized spacial score (nSPS) is 23.7. The summed E-state index contributed by atoms with van der Waals surface area (Å²) in [5.41, 5.74) is 0. The molecule has 0 aromatic rings. The van der Waals surface area contributed by atoms with Crippen molar-refractivity contribution in [1.82, 2.24) is 5.32 Å². The van der Waals surface area contributed by atoms with E-state index in [-0.39, 0.29) is 6.54 Å². The van der Waals surface area contributed by atoms with E-state index in [4.69, 9.17) is 15.2 Å². The minimum absolute atomic E-state index is 0.266. The number of hydrogen-bond acceptors (Lipinski definition) is 5. The predicted octanol–water partition coefficient (Wildman–Crippen LogP) is 0.310. The Morgan fingerprint density at radius 1 is 1.47 bits per heavy atom. The molecule has 10 heteroatoms. The van der Waals surface area contributed by atoms with Crippen LogP contribution in [0.2, 0.25) is 0 Å². The number of aliphatic carboxylic acids is 1. The third kappa shape index (κ3) is 5.04. The van der Waals surface area contributed by atoms with Crippen LogP contribution in [0.5, 0.6) is 0 Å². The molecule has 2 N–H and O–H groups in total. The Kier molecular flexibility index (Phi) is 5.77. The molecule has 0 bridgehead atoms. The van der Waals surface area contributed by atoms with Crippen LogP contribution in [0.15, 0.2) is 0 Å². The van der Waals surface area contributed by atoms with Crippen LogP contribution in [0.4, 0.5) is 13.2 Å². The molecule has 1 saturated heterocycles. The molecule has 0 saturated carbocycles. The van der Waals surface area contributed by atoms with E-state index in [9.17, 15) is 21.6 Å². The topological polar surface area (TPSA) is 107 Å². The number of piperidine rings is 1. The van der Waals surface area contributed by atoms with E-state index in [1.807, 2.05) is 6.07 Å². The second kappa shape index (κ2) is 6.21. The lowest BCUT2D eigenvalue weighted by molar-refractivity contribution is -0.192. The Morgan fingerprint density at radius 3 is 2.11 bits per heavy atom. The van der Waals surface area contributed by atoms with Crippen LogP contribution in [-0.2, 0) is 14.6 Å². The summed E-state index contributed by atoms with van der Waals surface area (Å²) >= 11 is 0. The highest BCUT2D eigenvalue weighted by molar-refractivity contribution is 7.92. The molecule has 0 aliphatic carbocycles. The second-order valence-electron chi connectivity index (χ2n) is 3.96. The molecule has 1 unspecified atom stereocenters. The molecule has 1 aliphatic rings. The van der Waals surface area contributed by atoms with Crippen molar-refractivity contribution in [2.75, 3.05) is 19.3 Å². The summed E-state index contributed by atoms with van der Waals surface area (Å²) in [6.45, 7) is 1.07. The monoisotopic (exact) mass is 302 g/mol. The number of nitriles is 1. The van der Waals surface area contributed by atoms with Crippen molar-refractivity contribution in [3.8, 4) is 6.07 Å². The van der Waals surface area contributed by atoms with Crippen molar-refractivity contribution in [2.24, 2.45) is 0 Å². The van der Waals surface area contributed by atoms with Crippen LogP contribution >= 0.6 is 0 Å². The Bertz CT molecular complexity index is 461. The molecule has 0 aromatic carbocycles. The van der Waals surface area contributed by atoms with Gasteiger partial charge in [-0.1, -0.05) is 0 Å². The number of nitrogens with zero attached hydrogens (tertiary/aromatic N) is 1. The quantitative estimate of drug-likeness (QED) is 0.722. The van der Waals surface area contributed by atoms with Gasteiger partial charge in [0.2, 0.25) is 0 Å². The van der Waals surface area contributed by atoms with E-state index in [1.54, 1.807) is 0 Å². The fourth-order valence-electron chi connectivity index (χ4n) is 1.37. The van der Waals surface area contributed by atoms with Gasteiger partial charge in [-0.3, -0.25) is 0 Å². The zero-order valence-corrected chi connectivity index (χ0v) is 10.8. The number of rotatable bonds is 1. The van der Waals surface area contributed by atoms with E-state index in [1.165, 1.54) is 0 Å². The lowest BCUT2D eigenvalue weighted by atomic mass is 10.0. The van der Waals surface area contributed by atoms with E-state index >= 15 is 0 Å². The highest BCUT2D eigenvalue weighted by atomic mass is 32.2. The second-order valence-corrected chi connectivity index (χ2v) is 6.29. The van der Waals surface area contributed by atoms with Crippen LogP contribution in [0.25, 0.3) is 0 Å². The third-order valence-electron chi connectivity index (χ3n) is 2.50. The summed E-state index contributed by atoms with van der Waals surface area (Å²) in [7, 11) is -3.26. The van der Waals surface area contributed by atoms with Crippen molar-refractivity contribution in [2.45, 2.75) is 23.8 Å². The average molecular weight is 302 g/mol. The van der Waals surface area contributed by atoms with Gasteiger partial charge in [0, 0.05) is 12.8 Å². The molecule has 1 atom stereocenters. The van der Waals surface area contributed by atoms with Gasteiger partial charge in [-0.25, -0.2) is 13.2 Å². The van der Waals surface area contributed by atoms with Gasteiger partial charge in [0.15, 0.2) is 14.6 Å². The first-order valence-corrected chi connectivity index (χ1v) is 6.97. The molecule has 1 fully saturated rings. The zero-order chi connectivity index (χ0) is 15.3. The summed E-state index contributed by atoms with van der Waals surface area (Å²) in [6, 6.07) is 1.91. The van der Waals surface area contributed by atoms with Crippen molar-refractivity contribution in [3.05, 3.63) is 0 Å². The standard InChI is InChI=1S/C7H12N2O2S.C2HF3O2/c1-12(10,11)7(5-8)3-2-4-9-6-7;3-2(4,5)1(6)7/h9H,2-4,6H2,1H3;(H,6,7). The van der Waals surface area contributed by atoms with Crippen LogP contribution in [-0.4, -0.2) is 49.8 Å². The zero-order valence-electron chi connectivity index (χ0n) is 9.99. The summed E-state index contributed by atoms with van der Waals surface area (Å²) in [4.78, 5) is 8.90. The average Bonchev–Trinajstić information content (AvgIpc) is 2.28. The first-order valence-electron chi connectivity index (χ1n) is 5.08. The fraction of sp³-hybridized carbons (Fsp3) is 0.778. The Morgan fingerprint density at radius 2 is 1.95 bits per heavy atom. The van der Waals surface area contributed by atoms with Crippen LogP contribution in [0, 0.1) is 11.3 Å². The number of alkyl halides is 3. The summed E-state index contributed by atoms with van der Waals surface area (Å²) in [6.07, 6.45) is -2.75. The maximum Gasteiger partial charge on any atom is 0.490 e. The van der Waals surface area contributed by atoms with Gasteiger partial charge >= 0.3 is 12.1 Å². The number of nitrogens with one attached hydrogen (secondary N) is 1. The number of sulfone groups is 1. The minimum atomic E-state index is -5.08. The molecule has 6 nitrogen and oxygen atoms in total. The molecule has 110 valence electrons. The number of halogens is 3. The molecule has 1 heterocycles.